The molecule has 32 heavy (non-hydrogen) atoms. The maximum Gasteiger partial charge on any atom is 0.233 e. The van der Waals surface area contributed by atoms with Crippen LogP contribution in [0.3, 0.4) is 0 Å². The highest BCUT2D eigenvalue weighted by molar-refractivity contribution is 5.84. The van der Waals surface area contributed by atoms with Gasteiger partial charge in [-0.05, 0) is 42.2 Å². The summed E-state index contributed by atoms with van der Waals surface area (Å²) in [5, 5.41) is 7.63. The van der Waals surface area contributed by atoms with Crippen LogP contribution >= 0.6 is 0 Å². The van der Waals surface area contributed by atoms with Crippen molar-refractivity contribution >= 4 is 22.9 Å². The molecule has 0 aliphatic carbocycles. The number of pyridine rings is 1. The second-order valence-corrected chi connectivity index (χ2v) is 7.42. The molecule has 4 aromatic heterocycles. The third-order valence-electron chi connectivity index (χ3n) is 5.20. The molecule has 0 saturated heterocycles. The number of rotatable bonds is 8. The first kappa shape index (κ1) is 19.7. The van der Waals surface area contributed by atoms with Gasteiger partial charge in [-0.25, -0.2) is 9.67 Å². The van der Waals surface area contributed by atoms with Crippen LogP contribution in [0.15, 0.2) is 73.3 Å². The number of nitrogens with one attached hydrogen (secondary N) is 1. The van der Waals surface area contributed by atoms with E-state index in [0.29, 0.717) is 42.0 Å². The fourth-order valence-electron chi connectivity index (χ4n) is 3.63. The van der Waals surface area contributed by atoms with Crippen molar-refractivity contribution in [2.45, 2.75) is 25.9 Å². The van der Waals surface area contributed by atoms with E-state index < -0.39 is 0 Å². The van der Waals surface area contributed by atoms with Crippen molar-refractivity contribution < 1.29 is 0 Å². The fourth-order valence-corrected chi connectivity index (χ4v) is 3.63. The van der Waals surface area contributed by atoms with Gasteiger partial charge >= 0.3 is 0 Å². The minimum Gasteiger partial charge on any atom is -0.382 e. The zero-order chi connectivity index (χ0) is 21.8. The molecule has 0 unspecified atom stereocenters. The average Bonchev–Trinajstić information content (AvgIpc) is 3.48. The second kappa shape index (κ2) is 8.84. The highest BCUT2D eigenvalue weighted by Crippen LogP contribution is 2.23. The molecular weight excluding hydrogens is 402 g/mol. The number of nitrogen functional groups attached to an aromatic ring is 1. The molecule has 5 rings (SSSR count). The normalized spacial score (nSPS) is 11.1. The number of nitrogens with zero attached hydrogens (tertiary/aromatic N) is 7. The molecule has 0 aliphatic rings. The smallest absolute Gasteiger partial charge is 0.233 e. The Hall–Kier alpha value is -4.27. The molecule has 0 atom stereocenters. The lowest BCUT2D eigenvalue weighted by Gasteiger charge is -2.10. The van der Waals surface area contributed by atoms with Crippen LogP contribution in [0.2, 0.25) is 0 Å². The number of imidazole rings is 1. The molecule has 5 aromatic rings. The Morgan fingerprint density at radius 3 is 2.50 bits per heavy atom. The van der Waals surface area contributed by atoms with Crippen molar-refractivity contribution in [3.63, 3.8) is 0 Å². The molecule has 3 N–H and O–H groups in total. The lowest BCUT2D eigenvalue weighted by molar-refractivity contribution is 0.621. The monoisotopic (exact) mass is 425 g/mol. The molecule has 0 fully saturated rings. The summed E-state index contributed by atoms with van der Waals surface area (Å²) in [6, 6.07) is 16.0. The summed E-state index contributed by atoms with van der Waals surface area (Å²) in [7, 11) is 0. The number of fused-ring (bicyclic) bond motifs is 1. The zero-order valence-electron chi connectivity index (χ0n) is 17.5. The van der Waals surface area contributed by atoms with Gasteiger partial charge in [0.05, 0.1) is 0 Å². The molecule has 0 bridgehead atoms. The van der Waals surface area contributed by atoms with Gasteiger partial charge in [-0.3, -0.25) is 9.55 Å². The van der Waals surface area contributed by atoms with E-state index in [0.717, 1.165) is 18.4 Å². The summed E-state index contributed by atoms with van der Waals surface area (Å²) in [5.41, 5.74) is 9.92. The van der Waals surface area contributed by atoms with Crippen molar-refractivity contribution in [3.05, 3.63) is 84.4 Å². The molecule has 0 saturated carbocycles. The van der Waals surface area contributed by atoms with E-state index in [9.17, 15) is 0 Å². The molecule has 0 amide bonds. The van der Waals surface area contributed by atoms with Crippen molar-refractivity contribution in [2.75, 3.05) is 11.1 Å². The summed E-state index contributed by atoms with van der Waals surface area (Å²) in [6.07, 6.45) is 9.04. The lowest BCUT2D eigenvalue weighted by Crippen LogP contribution is -2.10. The van der Waals surface area contributed by atoms with Gasteiger partial charge in [0.15, 0.2) is 17.0 Å². The molecule has 4 heterocycles. The third-order valence-corrected chi connectivity index (χ3v) is 5.20. The molecular formula is C23H23N9. The van der Waals surface area contributed by atoms with E-state index in [-0.39, 0.29) is 0 Å². The van der Waals surface area contributed by atoms with Gasteiger partial charge < -0.3 is 11.1 Å². The van der Waals surface area contributed by atoms with Crippen molar-refractivity contribution in [1.29, 1.82) is 0 Å². The topological polar surface area (TPSA) is 112 Å². The standard InChI is InChI=1S/C23H23N9/c24-20-19-21(30-22(29-20)26-16-18-6-2-1-3-7-18)31(23(28-19)32-15-5-11-27-32)14-4-8-17-9-12-25-13-10-17/h1-3,5-7,9-13,15H,4,8,14,16H2,(H3,24,26,29,30). The van der Waals surface area contributed by atoms with E-state index in [2.05, 4.69) is 25.0 Å². The Kier molecular flexibility index (Phi) is 5.44. The van der Waals surface area contributed by atoms with Gasteiger partial charge in [0.25, 0.3) is 0 Å². The third kappa shape index (κ3) is 4.13. The number of aryl methyl sites for hydroxylation is 2. The fraction of sp³-hybridized carbons (Fsp3) is 0.174. The SMILES string of the molecule is Nc1nc(NCc2ccccc2)nc2c1nc(-n1cccn1)n2CCCc1ccncc1. The highest BCUT2D eigenvalue weighted by Gasteiger charge is 2.18. The Morgan fingerprint density at radius 1 is 0.875 bits per heavy atom. The van der Waals surface area contributed by atoms with Crippen LogP contribution in [-0.4, -0.2) is 34.3 Å². The number of anilines is 2. The van der Waals surface area contributed by atoms with Gasteiger partial charge in [-0.1, -0.05) is 30.3 Å². The van der Waals surface area contributed by atoms with Gasteiger partial charge in [-0.15, -0.1) is 0 Å². The number of benzene rings is 1. The van der Waals surface area contributed by atoms with Crippen molar-refractivity contribution in [1.82, 2.24) is 34.3 Å². The van der Waals surface area contributed by atoms with Gasteiger partial charge in [-0.2, -0.15) is 15.1 Å². The van der Waals surface area contributed by atoms with Crippen LogP contribution < -0.4 is 11.1 Å². The predicted molar refractivity (Wildman–Crippen MR) is 123 cm³/mol. The van der Waals surface area contributed by atoms with Crippen LogP contribution in [0.5, 0.6) is 0 Å². The Bertz CT molecular complexity index is 1300. The Balaban J connectivity index is 1.46. The quantitative estimate of drug-likeness (QED) is 0.392. The van der Waals surface area contributed by atoms with E-state index in [1.54, 1.807) is 10.9 Å². The van der Waals surface area contributed by atoms with Gasteiger partial charge in [0.2, 0.25) is 11.9 Å². The number of nitrogens with two attached hydrogens (primary N) is 1. The predicted octanol–water partition coefficient (Wildman–Crippen LogP) is 3.23. The van der Waals surface area contributed by atoms with Crippen LogP contribution in [0, 0.1) is 0 Å². The number of aromatic nitrogens is 7. The maximum atomic E-state index is 6.28. The summed E-state index contributed by atoms with van der Waals surface area (Å²) in [4.78, 5) is 18.0. The summed E-state index contributed by atoms with van der Waals surface area (Å²) < 4.78 is 3.78. The van der Waals surface area contributed by atoms with Crippen LogP contribution in [0.1, 0.15) is 17.5 Å². The number of hydrogen-bond acceptors (Lipinski definition) is 7. The molecule has 160 valence electrons. The van der Waals surface area contributed by atoms with E-state index >= 15 is 0 Å². The average molecular weight is 426 g/mol. The van der Waals surface area contributed by atoms with Crippen molar-refractivity contribution in [3.8, 4) is 5.95 Å². The largest absolute Gasteiger partial charge is 0.382 e. The first-order valence-electron chi connectivity index (χ1n) is 10.5. The van der Waals surface area contributed by atoms with Gasteiger partial charge in [0.1, 0.15) is 0 Å². The number of hydrogen-bond donors (Lipinski definition) is 2. The summed E-state index contributed by atoms with van der Waals surface area (Å²) in [5.74, 6) is 1.48. The molecule has 0 radical (unpaired) electrons. The minimum absolute atomic E-state index is 0.340. The molecule has 9 heteroatoms. The Labute approximate surface area is 185 Å². The first-order valence-corrected chi connectivity index (χ1v) is 10.5. The minimum atomic E-state index is 0.340. The summed E-state index contributed by atoms with van der Waals surface area (Å²) in [6.45, 7) is 1.32. The van der Waals surface area contributed by atoms with E-state index in [1.165, 1.54) is 5.56 Å². The Morgan fingerprint density at radius 2 is 1.72 bits per heavy atom. The molecule has 1 aromatic carbocycles. The second-order valence-electron chi connectivity index (χ2n) is 7.42. The molecule has 0 spiro atoms. The van der Waals surface area contributed by atoms with Crippen molar-refractivity contribution in [2.24, 2.45) is 0 Å². The van der Waals surface area contributed by atoms with Crippen LogP contribution in [-0.2, 0) is 19.5 Å². The molecule has 9 nitrogen and oxygen atoms in total. The molecule has 0 aliphatic heterocycles. The first-order chi connectivity index (χ1) is 15.8. The van der Waals surface area contributed by atoms with Crippen LogP contribution in [0.4, 0.5) is 11.8 Å². The van der Waals surface area contributed by atoms with E-state index in [1.807, 2.05) is 67.1 Å². The maximum absolute atomic E-state index is 6.28. The van der Waals surface area contributed by atoms with E-state index in [4.69, 9.17) is 15.7 Å². The van der Waals surface area contributed by atoms with Crippen LogP contribution in [0.25, 0.3) is 17.1 Å². The van der Waals surface area contributed by atoms with Gasteiger partial charge in [0, 0.05) is 37.9 Å². The highest BCUT2D eigenvalue weighted by atomic mass is 15.4. The zero-order valence-corrected chi connectivity index (χ0v) is 17.5. The summed E-state index contributed by atoms with van der Waals surface area (Å²) >= 11 is 0. The lowest BCUT2D eigenvalue weighted by atomic mass is 10.1.